The highest BCUT2D eigenvalue weighted by Crippen LogP contribution is 2.25. The SMILES string of the molecule is Cc1c(NC(=O)c2ccc(NN)nn2)cccc1[N+](=O)[O-]. The number of hydrogen-bond donors (Lipinski definition) is 3. The summed E-state index contributed by atoms with van der Waals surface area (Å²) in [4.78, 5) is 22.4. The fraction of sp³-hybridized carbons (Fsp3) is 0.0833. The summed E-state index contributed by atoms with van der Waals surface area (Å²) >= 11 is 0. The van der Waals surface area contributed by atoms with Crippen LogP contribution in [0.3, 0.4) is 0 Å². The van der Waals surface area contributed by atoms with Crippen molar-refractivity contribution in [2.45, 2.75) is 6.92 Å². The molecule has 1 heterocycles. The van der Waals surface area contributed by atoms with Gasteiger partial charge >= 0.3 is 0 Å². The predicted octanol–water partition coefficient (Wildman–Crippen LogP) is 1.23. The van der Waals surface area contributed by atoms with Crippen LogP contribution in [0.2, 0.25) is 0 Å². The lowest BCUT2D eigenvalue weighted by Crippen LogP contribution is -2.16. The summed E-state index contributed by atoms with van der Waals surface area (Å²) in [5, 5.41) is 20.8. The highest BCUT2D eigenvalue weighted by atomic mass is 16.6. The average molecular weight is 288 g/mol. The second kappa shape index (κ2) is 5.92. The highest BCUT2D eigenvalue weighted by molar-refractivity contribution is 6.03. The summed E-state index contributed by atoms with van der Waals surface area (Å²) in [5.74, 6) is 4.95. The van der Waals surface area contributed by atoms with E-state index in [-0.39, 0.29) is 11.4 Å². The highest BCUT2D eigenvalue weighted by Gasteiger charge is 2.16. The zero-order chi connectivity index (χ0) is 15.4. The average Bonchev–Trinajstić information content (AvgIpc) is 2.49. The third-order valence-electron chi connectivity index (χ3n) is 2.80. The molecular weight excluding hydrogens is 276 g/mol. The van der Waals surface area contributed by atoms with Crippen molar-refractivity contribution < 1.29 is 9.72 Å². The molecule has 0 saturated heterocycles. The Morgan fingerprint density at radius 3 is 2.62 bits per heavy atom. The van der Waals surface area contributed by atoms with Crippen molar-refractivity contribution in [2.24, 2.45) is 5.84 Å². The van der Waals surface area contributed by atoms with Gasteiger partial charge in [-0.05, 0) is 25.1 Å². The summed E-state index contributed by atoms with van der Waals surface area (Å²) in [7, 11) is 0. The number of nitro benzene ring substituents is 1. The lowest BCUT2D eigenvalue weighted by atomic mass is 10.1. The summed E-state index contributed by atoms with van der Waals surface area (Å²) in [6, 6.07) is 7.36. The summed E-state index contributed by atoms with van der Waals surface area (Å²) in [5.41, 5.74) is 3.00. The Kier molecular flexibility index (Phi) is 4.05. The topological polar surface area (TPSA) is 136 Å². The van der Waals surface area contributed by atoms with Crippen LogP contribution in [0.15, 0.2) is 30.3 Å². The fourth-order valence-electron chi connectivity index (χ4n) is 1.67. The Morgan fingerprint density at radius 1 is 1.29 bits per heavy atom. The molecule has 1 amide bonds. The first kappa shape index (κ1) is 14.3. The van der Waals surface area contributed by atoms with Gasteiger partial charge in [0.25, 0.3) is 11.6 Å². The first-order valence-corrected chi connectivity index (χ1v) is 5.88. The molecule has 1 aromatic carbocycles. The Bertz CT molecular complexity index is 686. The van der Waals surface area contributed by atoms with Crippen molar-refractivity contribution in [3.8, 4) is 0 Å². The fourth-order valence-corrected chi connectivity index (χ4v) is 1.67. The molecule has 2 rings (SSSR count). The van der Waals surface area contributed by atoms with E-state index in [2.05, 4.69) is 20.9 Å². The predicted molar refractivity (Wildman–Crippen MR) is 75.6 cm³/mol. The molecule has 0 aliphatic rings. The van der Waals surface area contributed by atoms with Gasteiger partial charge < -0.3 is 10.7 Å². The smallest absolute Gasteiger partial charge is 0.276 e. The van der Waals surface area contributed by atoms with Gasteiger partial charge in [0, 0.05) is 6.07 Å². The quantitative estimate of drug-likeness (QED) is 0.437. The number of benzene rings is 1. The number of amides is 1. The third kappa shape index (κ3) is 3.09. The molecule has 0 unspecified atom stereocenters. The van der Waals surface area contributed by atoms with E-state index >= 15 is 0 Å². The largest absolute Gasteiger partial charge is 0.320 e. The van der Waals surface area contributed by atoms with E-state index in [4.69, 9.17) is 5.84 Å². The molecule has 9 nitrogen and oxygen atoms in total. The van der Waals surface area contributed by atoms with E-state index in [9.17, 15) is 14.9 Å². The van der Waals surface area contributed by atoms with E-state index in [0.29, 0.717) is 17.1 Å². The molecule has 0 aliphatic heterocycles. The van der Waals surface area contributed by atoms with E-state index in [1.807, 2.05) is 0 Å². The van der Waals surface area contributed by atoms with Crippen molar-refractivity contribution in [1.29, 1.82) is 0 Å². The maximum Gasteiger partial charge on any atom is 0.276 e. The summed E-state index contributed by atoms with van der Waals surface area (Å²) < 4.78 is 0. The van der Waals surface area contributed by atoms with E-state index in [1.165, 1.54) is 24.3 Å². The molecule has 108 valence electrons. The molecule has 0 spiro atoms. The zero-order valence-electron chi connectivity index (χ0n) is 11.0. The number of anilines is 2. The number of nitrogens with one attached hydrogen (secondary N) is 2. The van der Waals surface area contributed by atoms with Crippen molar-refractivity contribution in [3.05, 3.63) is 51.7 Å². The van der Waals surface area contributed by atoms with Gasteiger partial charge in [0.1, 0.15) is 0 Å². The molecule has 2 aromatic rings. The summed E-state index contributed by atoms with van der Waals surface area (Å²) in [6.07, 6.45) is 0. The normalized spacial score (nSPS) is 10.0. The maximum absolute atomic E-state index is 12.0. The first-order valence-electron chi connectivity index (χ1n) is 5.88. The maximum atomic E-state index is 12.0. The second-order valence-electron chi connectivity index (χ2n) is 4.11. The van der Waals surface area contributed by atoms with Crippen molar-refractivity contribution in [1.82, 2.24) is 10.2 Å². The minimum atomic E-state index is -0.519. The molecule has 21 heavy (non-hydrogen) atoms. The number of nitrogens with zero attached hydrogens (tertiary/aromatic N) is 3. The summed E-state index contributed by atoms with van der Waals surface area (Å²) in [6.45, 7) is 1.56. The molecule has 0 atom stereocenters. The standard InChI is InChI=1S/C12H12N6O3/c1-7-8(3-2-4-10(7)18(20)21)14-12(19)9-5-6-11(15-13)17-16-9/h2-6H,13H2,1H3,(H,14,19)(H,15,17). The van der Waals surface area contributed by atoms with E-state index in [1.54, 1.807) is 13.0 Å². The van der Waals surface area contributed by atoms with Crippen LogP contribution < -0.4 is 16.6 Å². The first-order chi connectivity index (χ1) is 10.0. The minimum absolute atomic E-state index is 0.0680. The number of nitrogens with two attached hydrogens (primary N) is 1. The molecule has 0 radical (unpaired) electrons. The van der Waals surface area contributed by atoms with Crippen molar-refractivity contribution in [3.63, 3.8) is 0 Å². The number of carbonyl (C=O) groups is 1. The number of aromatic nitrogens is 2. The van der Waals surface area contributed by atoms with Gasteiger partial charge in [0.15, 0.2) is 11.5 Å². The van der Waals surface area contributed by atoms with E-state index in [0.717, 1.165) is 0 Å². The van der Waals surface area contributed by atoms with Crippen LogP contribution >= 0.6 is 0 Å². The molecule has 0 saturated carbocycles. The molecule has 1 aromatic heterocycles. The van der Waals surface area contributed by atoms with Crippen LogP contribution in [-0.4, -0.2) is 21.0 Å². The zero-order valence-corrected chi connectivity index (χ0v) is 11.0. The number of rotatable bonds is 4. The van der Waals surface area contributed by atoms with Crippen molar-refractivity contribution in [2.75, 3.05) is 10.7 Å². The molecule has 0 aliphatic carbocycles. The van der Waals surface area contributed by atoms with Crippen LogP contribution in [0, 0.1) is 17.0 Å². The lowest BCUT2D eigenvalue weighted by Gasteiger charge is -2.08. The van der Waals surface area contributed by atoms with E-state index < -0.39 is 10.8 Å². The molecule has 0 bridgehead atoms. The van der Waals surface area contributed by atoms with Gasteiger partial charge in [-0.2, -0.15) is 0 Å². The Balaban J connectivity index is 2.23. The number of hydrazine groups is 1. The van der Waals surface area contributed by atoms with Gasteiger partial charge in [-0.15, -0.1) is 10.2 Å². The molecular formula is C12H12N6O3. The van der Waals surface area contributed by atoms with Gasteiger partial charge in [0.05, 0.1) is 16.2 Å². The third-order valence-corrected chi connectivity index (χ3v) is 2.80. The van der Waals surface area contributed by atoms with Gasteiger partial charge in [-0.1, -0.05) is 6.07 Å². The minimum Gasteiger partial charge on any atom is -0.320 e. The number of hydrogen-bond acceptors (Lipinski definition) is 7. The number of nitro groups is 1. The van der Waals surface area contributed by atoms with Crippen LogP contribution in [0.4, 0.5) is 17.2 Å². The second-order valence-corrected chi connectivity index (χ2v) is 4.11. The van der Waals surface area contributed by atoms with Gasteiger partial charge in [-0.3, -0.25) is 14.9 Å². The van der Waals surface area contributed by atoms with Crippen LogP contribution in [0.5, 0.6) is 0 Å². The van der Waals surface area contributed by atoms with Crippen LogP contribution in [0.1, 0.15) is 16.1 Å². The Labute approximate surface area is 119 Å². The van der Waals surface area contributed by atoms with Crippen LogP contribution in [-0.2, 0) is 0 Å². The monoisotopic (exact) mass is 288 g/mol. The van der Waals surface area contributed by atoms with Crippen LogP contribution in [0.25, 0.3) is 0 Å². The van der Waals surface area contributed by atoms with Crippen molar-refractivity contribution >= 4 is 23.1 Å². The molecule has 9 heteroatoms. The number of carbonyl (C=O) groups excluding carboxylic acids is 1. The van der Waals surface area contributed by atoms with Gasteiger partial charge in [0.2, 0.25) is 0 Å². The Morgan fingerprint density at radius 2 is 2.05 bits per heavy atom. The molecule has 0 fully saturated rings. The molecule has 4 N–H and O–H groups in total. The lowest BCUT2D eigenvalue weighted by molar-refractivity contribution is -0.385. The van der Waals surface area contributed by atoms with Gasteiger partial charge in [-0.25, -0.2) is 5.84 Å². The number of nitrogen functional groups attached to an aromatic ring is 1. The Hall–Kier alpha value is -3.07.